The molecule has 2 heterocycles. The van der Waals surface area contributed by atoms with Crippen molar-refractivity contribution in [3.63, 3.8) is 0 Å². The van der Waals surface area contributed by atoms with E-state index in [-0.39, 0.29) is 18.6 Å². The maximum Gasteiger partial charge on any atom is 0.257 e. The molecule has 140 valence electrons. The number of carbonyl (C=O) groups is 1. The van der Waals surface area contributed by atoms with E-state index in [9.17, 15) is 4.79 Å². The van der Waals surface area contributed by atoms with E-state index in [2.05, 4.69) is 4.98 Å². The van der Waals surface area contributed by atoms with Crippen molar-refractivity contribution in [2.75, 3.05) is 7.05 Å². The first-order chi connectivity index (χ1) is 13.0. The first-order valence-electron chi connectivity index (χ1n) is 8.97. The van der Waals surface area contributed by atoms with E-state index in [1.165, 1.54) is 11.8 Å². The Bertz CT molecular complexity index is 872. The third-order valence-electron chi connectivity index (χ3n) is 4.58. The van der Waals surface area contributed by atoms with Crippen LogP contribution < -0.4 is 4.74 Å². The molecule has 3 aromatic rings. The molecule has 0 aliphatic rings. The number of ether oxygens (including phenoxy) is 1. The molecule has 0 fully saturated rings. The van der Waals surface area contributed by atoms with Gasteiger partial charge in [-0.2, -0.15) is 0 Å². The molecule has 3 rings (SSSR count). The SMILES string of the molecule is Cc1ccc(OCc2occc2C(=O)N(C)[C@H](C)Cc2ccccn2)cc1. The fourth-order valence-electron chi connectivity index (χ4n) is 2.77. The number of nitrogens with zero attached hydrogens (tertiary/aromatic N) is 2. The van der Waals surface area contributed by atoms with Gasteiger partial charge in [0.15, 0.2) is 5.76 Å². The fraction of sp³-hybridized carbons (Fsp3) is 0.273. The second-order valence-electron chi connectivity index (χ2n) is 6.65. The van der Waals surface area contributed by atoms with Gasteiger partial charge >= 0.3 is 0 Å². The zero-order valence-corrected chi connectivity index (χ0v) is 15.9. The lowest BCUT2D eigenvalue weighted by molar-refractivity contribution is 0.0738. The molecule has 1 amide bonds. The fourth-order valence-corrected chi connectivity index (χ4v) is 2.77. The van der Waals surface area contributed by atoms with Crippen molar-refractivity contribution in [3.05, 3.63) is 83.6 Å². The average molecular weight is 364 g/mol. The Balaban J connectivity index is 1.64. The molecule has 0 N–H and O–H groups in total. The summed E-state index contributed by atoms with van der Waals surface area (Å²) < 4.78 is 11.3. The third-order valence-corrected chi connectivity index (χ3v) is 4.58. The minimum atomic E-state index is -0.0883. The molecule has 0 aliphatic carbocycles. The Labute approximate surface area is 159 Å². The molecule has 0 bridgehead atoms. The minimum Gasteiger partial charge on any atom is -0.486 e. The summed E-state index contributed by atoms with van der Waals surface area (Å²) >= 11 is 0. The van der Waals surface area contributed by atoms with E-state index >= 15 is 0 Å². The largest absolute Gasteiger partial charge is 0.486 e. The summed E-state index contributed by atoms with van der Waals surface area (Å²) in [5.41, 5.74) is 2.65. The molecule has 1 atom stereocenters. The summed E-state index contributed by atoms with van der Waals surface area (Å²) in [6.45, 7) is 4.24. The average Bonchev–Trinajstić information content (AvgIpc) is 3.15. The van der Waals surface area contributed by atoms with E-state index in [1.807, 2.05) is 56.3 Å². The van der Waals surface area contributed by atoms with E-state index in [0.717, 1.165) is 11.4 Å². The summed E-state index contributed by atoms with van der Waals surface area (Å²) in [4.78, 5) is 19.0. The van der Waals surface area contributed by atoms with Crippen LogP contribution in [-0.2, 0) is 13.0 Å². The number of carbonyl (C=O) groups excluding carboxylic acids is 1. The first-order valence-corrected chi connectivity index (χ1v) is 8.97. The predicted molar refractivity (Wildman–Crippen MR) is 104 cm³/mol. The van der Waals surface area contributed by atoms with Crippen LogP contribution in [0.15, 0.2) is 65.4 Å². The summed E-state index contributed by atoms with van der Waals surface area (Å²) in [6, 6.07) is 15.3. The number of benzene rings is 1. The normalized spacial score (nSPS) is 11.8. The zero-order valence-electron chi connectivity index (χ0n) is 15.9. The van der Waals surface area contributed by atoms with E-state index < -0.39 is 0 Å². The van der Waals surface area contributed by atoms with Crippen LogP contribution in [0.25, 0.3) is 0 Å². The summed E-state index contributed by atoms with van der Waals surface area (Å²) in [5, 5.41) is 0. The minimum absolute atomic E-state index is 0.00756. The number of pyridine rings is 1. The van der Waals surface area contributed by atoms with Crippen LogP contribution in [0.3, 0.4) is 0 Å². The molecule has 0 unspecified atom stereocenters. The number of hydrogen-bond acceptors (Lipinski definition) is 4. The molecule has 27 heavy (non-hydrogen) atoms. The summed E-state index contributed by atoms with van der Waals surface area (Å²) in [6.07, 6.45) is 3.98. The second-order valence-corrected chi connectivity index (χ2v) is 6.65. The second kappa shape index (κ2) is 8.54. The molecule has 0 aliphatic heterocycles. The van der Waals surface area contributed by atoms with Crippen molar-refractivity contribution in [2.24, 2.45) is 0 Å². The third kappa shape index (κ3) is 4.76. The highest BCUT2D eigenvalue weighted by Gasteiger charge is 2.22. The van der Waals surface area contributed by atoms with Crippen LogP contribution in [0.5, 0.6) is 5.75 Å². The van der Waals surface area contributed by atoms with E-state index in [0.29, 0.717) is 17.7 Å². The number of amides is 1. The van der Waals surface area contributed by atoms with Gasteiger partial charge in [-0.05, 0) is 44.2 Å². The maximum atomic E-state index is 12.9. The lowest BCUT2D eigenvalue weighted by atomic mass is 10.1. The lowest BCUT2D eigenvalue weighted by Crippen LogP contribution is -2.36. The van der Waals surface area contributed by atoms with Crippen LogP contribution in [0.2, 0.25) is 0 Å². The van der Waals surface area contributed by atoms with Crippen molar-refractivity contribution >= 4 is 5.91 Å². The number of aryl methyl sites for hydroxylation is 1. The van der Waals surface area contributed by atoms with Crippen molar-refractivity contribution in [1.29, 1.82) is 0 Å². The standard InChI is InChI=1S/C22H24N2O3/c1-16-7-9-19(10-8-16)27-15-21-20(11-13-26-21)22(25)24(3)17(2)14-18-6-4-5-12-23-18/h4-13,17H,14-15H2,1-3H3/t17-/m1/s1. The van der Waals surface area contributed by atoms with Gasteiger partial charge in [0.1, 0.15) is 12.4 Å². The van der Waals surface area contributed by atoms with E-state index in [4.69, 9.17) is 9.15 Å². The highest BCUT2D eigenvalue weighted by Crippen LogP contribution is 2.19. The highest BCUT2D eigenvalue weighted by molar-refractivity contribution is 5.95. The van der Waals surface area contributed by atoms with Crippen LogP contribution >= 0.6 is 0 Å². The Hall–Kier alpha value is -3.08. The first kappa shape index (κ1) is 18.7. The van der Waals surface area contributed by atoms with Crippen LogP contribution in [0.1, 0.15) is 34.3 Å². The van der Waals surface area contributed by atoms with Gasteiger partial charge in [0.2, 0.25) is 0 Å². The van der Waals surface area contributed by atoms with Crippen molar-refractivity contribution in [3.8, 4) is 5.75 Å². The van der Waals surface area contributed by atoms with Gasteiger partial charge in [-0.25, -0.2) is 0 Å². The van der Waals surface area contributed by atoms with Gasteiger partial charge in [0, 0.05) is 31.4 Å². The molecular formula is C22H24N2O3. The van der Waals surface area contributed by atoms with Crippen LogP contribution in [0, 0.1) is 6.92 Å². The molecule has 5 heteroatoms. The van der Waals surface area contributed by atoms with Crippen LogP contribution in [-0.4, -0.2) is 28.9 Å². The number of rotatable bonds is 7. The number of furan rings is 1. The lowest BCUT2D eigenvalue weighted by Gasteiger charge is -2.24. The molecule has 0 radical (unpaired) electrons. The number of aromatic nitrogens is 1. The van der Waals surface area contributed by atoms with Crippen molar-refractivity contribution < 1.29 is 13.9 Å². The zero-order chi connectivity index (χ0) is 19.2. The molecule has 0 saturated carbocycles. The van der Waals surface area contributed by atoms with Gasteiger partial charge in [-0.3, -0.25) is 9.78 Å². The van der Waals surface area contributed by atoms with Gasteiger partial charge in [-0.15, -0.1) is 0 Å². The van der Waals surface area contributed by atoms with Crippen molar-refractivity contribution in [2.45, 2.75) is 32.9 Å². The van der Waals surface area contributed by atoms with Gasteiger partial charge in [0.25, 0.3) is 5.91 Å². The maximum absolute atomic E-state index is 12.9. The monoisotopic (exact) mass is 364 g/mol. The molecule has 1 aromatic carbocycles. The van der Waals surface area contributed by atoms with Gasteiger partial charge in [0.05, 0.1) is 11.8 Å². The molecule has 2 aromatic heterocycles. The smallest absolute Gasteiger partial charge is 0.257 e. The Morgan fingerprint density at radius 1 is 1.19 bits per heavy atom. The van der Waals surface area contributed by atoms with Crippen LogP contribution in [0.4, 0.5) is 0 Å². The number of hydrogen-bond donors (Lipinski definition) is 0. The summed E-state index contributed by atoms with van der Waals surface area (Å²) in [7, 11) is 1.80. The molecule has 0 spiro atoms. The predicted octanol–water partition coefficient (Wildman–Crippen LogP) is 4.27. The van der Waals surface area contributed by atoms with Gasteiger partial charge in [-0.1, -0.05) is 23.8 Å². The van der Waals surface area contributed by atoms with E-state index in [1.54, 1.807) is 24.2 Å². The Morgan fingerprint density at radius 2 is 1.96 bits per heavy atom. The molecular weight excluding hydrogens is 340 g/mol. The molecule has 5 nitrogen and oxygen atoms in total. The Morgan fingerprint density at radius 3 is 2.67 bits per heavy atom. The topological polar surface area (TPSA) is 55.6 Å². The molecule has 0 saturated heterocycles. The van der Waals surface area contributed by atoms with Crippen molar-refractivity contribution in [1.82, 2.24) is 9.88 Å². The van der Waals surface area contributed by atoms with Gasteiger partial charge < -0.3 is 14.1 Å². The highest BCUT2D eigenvalue weighted by atomic mass is 16.5. The Kier molecular flexibility index (Phi) is 5.91. The number of likely N-dealkylation sites (N-methyl/N-ethyl adjacent to an activating group) is 1. The summed E-state index contributed by atoms with van der Waals surface area (Å²) in [5.74, 6) is 1.18. The quantitative estimate of drug-likeness (QED) is 0.628.